The number of likely N-dealkylation sites (tertiary alicyclic amines) is 2. The summed E-state index contributed by atoms with van der Waals surface area (Å²) in [5.74, 6) is 0.446. The summed E-state index contributed by atoms with van der Waals surface area (Å²) in [7, 11) is 5.84. The molecule has 2 fully saturated rings. The standard InChI is InChI=1S/C19H27N5OS/c1-22(2)19(25)17-15(16-18(26-17)21-8-7-20-16)13-4-11-24(12-13)14-5-9-23(3)10-6-14/h7-8,13-14H,4-6,9-12H2,1-3H3/t13-/m1/s1. The van der Waals surface area contributed by atoms with Crippen LogP contribution in [0.2, 0.25) is 0 Å². The van der Waals surface area contributed by atoms with E-state index in [1.807, 2.05) is 14.1 Å². The molecule has 0 unspecified atom stereocenters. The zero-order chi connectivity index (χ0) is 18.3. The number of aromatic nitrogens is 2. The molecule has 4 rings (SSSR count). The molecule has 2 aromatic rings. The Labute approximate surface area is 158 Å². The molecule has 0 N–H and O–H groups in total. The summed E-state index contributed by atoms with van der Waals surface area (Å²) < 4.78 is 0. The summed E-state index contributed by atoms with van der Waals surface area (Å²) in [4.78, 5) is 30.2. The molecule has 2 aliphatic rings. The summed E-state index contributed by atoms with van der Waals surface area (Å²) in [5.41, 5.74) is 2.06. The highest BCUT2D eigenvalue weighted by atomic mass is 32.1. The molecule has 4 heterocycles. The first-order valence-corrected chi connectivity index (χ1v) is 10.2. The molecule has 0 radical (unpaired) electrons. The number of hydrogen-bond acceptors (Lipinski definition) is 6. The van der Waals surface area contributed by atoms with Crippen molar-refractivity contribution in [1.82, 2.24) is 24.7 Å². The third-order valence-electron chi connectivity index (χ3n) is 5.80. The molecule has 0 spiro atoms. The normalized spacial score (nSPS) is 23.0. The molecule has 0 bridgehead atoms. The molecule has 6 nitrogen and oxygen atoms in total. The van der Waals surface area contributed by atoms with E-state index in [1.54, 1.807) is 17.3 Å². The average molecular weight is 374 g/mol. The Balaban J connectivity index is 1.62. The quantitative estimate of drug-likeness (QED) is 0.826. The molecule has 1 atom stereocenters. The lowest BCUT2D eigenvalue weighted by Gasteiger charge is -2.35. The molecular formula is C19H27N5OS. The molecule has 2 aromatic heterocycles. The maximum atomic E-state index is 12.8. The number of carbonyl (C=O) groups excluding carboxylic acids is 1. The smallest absolute Gasteiger partial charge is 0.263 e. The van der Waals surface area contributed by atoms with Crippen LogP contribution in [0.1, 0.15) is 40.4 Å². The van der Waals surface area contributed by atoms with Crippen LogP contribution in [-0.2, 0) is 0 Å². The number of nitrogens with zero attached hydrogens (tertiary/aromatic N) is 5. The van der Waals surface area contributed by atoms with Gasteiger partial charge in [-0.05, 0) is 45.9 Å². The molecule has 0 saturated carbocycles. The van der Waals surface area contributed by atoms with Crippen molar-refractivity contribution in [3.05, 3.63) is 22.8 Å². The van der Waals surface area contributed by atoms with Gasteiger partial charge in [0, 0.05) is 50.6 Å². The molecule has 2 aliphatic heterocycles. The number of piperidine rings is 1. The summed E-state index contributed by atoms with van der Waals surface area (Å²) in [6.07, 6.45) is 7.05. The lowest BCUT2D eigenvalue weighted by Crippen LogP contribution is -2.42. The van der Waals surface area contributed by atoms with Crippen molar-refractivity contribution in [3.8, 4) is 0 Å². The fourth-order valence-corrected chi connectivity index (χ4v) is 5.51. The SMILES string of the molecule is CN1CCC(N2CC[C@@H](c3c(C(=O)N(C)C)sc4nccnc34)C2)CC1. The second kappa shape index (κ2) is 7.21. The first kappa shape index (κ1) is 17.8. The van der Waals surface area contributed by atoms with Crippen molar-refractivity contribution < 1.29 is 4.79 Å². The predicted molar refractivity (Wildman–Crippen MR) is 105 cm³/mol. The average Bonchev–Trinajstić information content (AvgIpc) is 3.25. The Bertz CT molecular complexity index is 796. The van der Waals surface area contributed by atoms with Gasteiger partial charge in [0.05, 0.1) is 4.88 Å². The van der Waals surface area contributed by atoms with Crippen LogP contribution in [0, 0.1) is 0 Å². The summed E-state index contributed by atoms with van der Waals surface area (Å²) in [5, 5.41) is 0. The highest BCUT2D eigenvalue weighted by Gasteiger charge is 2.35. The van der Waals surface area contributed by atoms with Gasteiger partial charge < -0.3 is 9.80 Å². The van der Waals surface area contributed by atoms with Crippen LogP contribution in [0.15, 0.2) is 12.4 Å². The van der Waals surface area contributed by atoms with E-state index in [1.165, 1.54) is 37.3 Å². The van der Waals surface area contributed by atoms with Crippen LogP contribution < -0.4 is 0 Å². The van der Waals surface area contributed by atoms with Crippen LogP contribution in [-0.4, -0.2) is 83.9 Å². The van der Waals surface area contributed by atoms with E-state index in [0.717, 1.165) is 40.3 Å². The predicted octanol–water partition coefficient (Wildman–Crippen LogP) is 2.28. The van der Waals surface area contributed by atoms with E-state index in [2.05, 4.69) is 26.8 Å². The van der Waals surface area contributed by atoms with Crippen molar-refractivity contribution in [1.29, 1.82) is 0 Å². The zero-order valence-electron chi connectivity index (χ0n) is 15.8. The van der Waals surface area contributed by atoms with E-state index < -0.39 is 0 Å². The van der Waals surface area contributed by atoms with Gasteiger partial charge in [-0.2, -0.15) is 0 Å². The first-order valence-electron chi connectivity index (χ1n) is 9.42. The van der Waals surface area contributed by atoms with Crippen LogP contribution >= 0.6 is 11.3 Å². The molecular weight excluding hydrogens is 346 g/mol. The largest absolute Gasteiger partial charge is 0.344 e. The Morgan fingerprint density at radius 3 is 2.62 bits per heavy atom. The van der Waals surface area contributed by atoms with E-state index >= 15 is 0 Å². The van der Waals surface area contributed by atoms with Gasteiger partial charge in [0.25, 0.3) is 5.91 Å². The van der Waals surface area contributed by atoms with Crippen LogP contribution in [0.25, 0.3) is 10.3 Å². The number of rotatable bonds is 3. The lowest BCUT2D eigenvalue weighted by molar-refractivity contribution is 0.0831. The number of amides is 1. The van der Waals surface area contributed by atoms with Crippen LogP contribution in [0.3, 0.4) is 0 Å². The van der Waals surface area contributed by atoms with Crippen molar-refractivity contribution in [2.24, 2.45) is 0 Å². The van der Waals surface area contributed by atoms with Gasteiger partial charge in [-0.25, -0.2) is 4.98 Å². The molecule has 0 aliphatic carbocycles. The second-order valence-corrected chi connectivity index (χ2v) is 8.77. The lowest BCUT2D eigenvalue weighted by atomic mass is 9.97. The summed E-state index contributed by atoms with van der Waals surface area (Å²) >= 11 is 1.49. The fraction of sp³-hybridized carbons (Fsp3) is 0.632. The third-order valence-corrected chi connectivity index (χ3v) is 6.89. The zero-order valence-corrected chi connectivity index (χ0v) is 16.6. The van der Waals surface area contributed by atoms with Gasteiger partial charge in [-0.1, -0.05) is 0 Å². The minimum Gasteiger partial charge on any atom is -0.344 e. The summed E-state index contributed by atoms with van der Waals surface area (Å²) in [6, 6.07) is 0.681. The number of hydrogen-bond donors (Lipinski definition) is 0. The molecule has 7 heteroatoms. The Hall–Kier alpha value is -1.57. The molecule has 140 valence electrons. The topological polar surface area (TPSA) is 52.6 Å². The molecule has 0 aromatic carbocycles. The van der Waals surface area contributed by atoms with Gasteiger partial charge >= 0.3 is 0 Å². The van der Waals surface area contributed by atoms with Crippen molar-refractivity contribution in [2.75, 3.05) is 47.3 Å². The second-order valence-electron chi connectivity index (χ2n) is 7.77. The van der Waals surface area contributed by atoms with Gasteiger partial charge in [0.1, 0.15) is 10.3 Å². The molecule has 26 heavy (non-hydrogen) atoms. The Morgan fingerprint density at radius 2 is 1.88 bits per heavy atom. The van der Waals surface area contributed by atoms with Gasteiger partial charge in [0.2, 0.25) is 0 Å². The minimum atomic E-state index is 0.0718. The monoisotopic (exact) mass is 373 g/mol. The number of carbonyl (C=O) groups is 1. The maximum Gasteiger partial charge on any atom is 0.263 e. The van der Waals surface area contributed by atoms with Gasteiger partial charge in [0.15, 0.2) is 0 Å². The highest BCUT2D eigenvalue weighted by molar-refractivity contribution is 7.20. The maximum absolute atomic E-state index is 12.8. The van der Waals surface area contributed by atoms with E-state index in [4.69, 9.17) is 0 Å². The van der Waals surface area contributed by atoms with Crippen molar-refractivity contribution in [2.45, 2.75) is 31.2 Å². The van der Waals surface area contributed by atoms with Crippen LogP contribution in [0.5, 0.6) is 0 Å². The summed E-state index contributed by atoms with van der Waals surface area (Å²) in [6.45, 7) is 4.52. The fourth-order valence-electron chi connectivity index (χ4n) is 4.30. The van der Waals surface area contributed by atoms with Gasteiger partial charge in [-0.15, -0.1) is 11.3 Å². The Kier molecular flexibility index (Phi) is 4.94. The van der Waals surface area contributed by atoms with Crippen molar-refractivity contribution in [3.63, 3.8) is 0 Å². The van der Waals surface area contributed by atoms with Crippen molar-refractivity contribution >= 4 is 27.6 Å². The number of fused-ring (bicyclic) bond motifs is 1. The first-order chi connectivity index (χ1) is 12.5. The molecule has 1 amide bonds. The third kappa shape index (κ3) is 3.23. The van der Waals surface area contributed by atoms with Crippen LogP contribution in [0.4, 0.5) is 0 Å². The number of thiophene rings is 1. The van der Waals surface area contributed by atoms with E-state index in [-0.39, 0.29) is 5.91 Å². The highest BCUT2D eigenvalue weighted by Crippen LogP contribution is 2.39. The minimum absolute atomic E-state index is 0.0718. The van der Waals surface area contributed by atoms with E-state index in [9.17, 15) is 4.79 Å². The molecule has 2 saturated heterocycles. The Morgan fingerprint density at radius 1 is 1.15 bits per heavy atom. The van der Waals surface area contributed by atoms with E-state index in [0.29, 0.717) is 12.0 Å². The van der Waals surface area contributed by atoms with Gasteiger partial charge in [-0.3, -0.25) is 14.7 Å².